The lowest BCUT2D eigenvalue weighted by atomic mass is 9.98. The fourth-order valence-electron chi connectivity index (χ4n) is 4.90. The van der Waals surface area contributed by atoms with Crippen LogP contribution in [0.1, 0.15) is 51.2 Å². The quantitative estimate of drug-likeness (QED) is 0.601. The van der Waals surface area contributed by atoms with Crippen molar-refractivity contribution in [2.24, 2.45) is 5.92 Å². The Labute approximate surface area is 206 Å². The standard InChI is InChI=1S/C28H32N2O5/c1-5-34-25-15-26(31)30(18(25)4)27(32)24(14-17(2)3)29-28(33)35-16-23-21-12-8-6-10-19(21)20-11-7-9-13-22(20)23/h6-13,15,17-18,23-24H,5,14,16H2,1-4H3,(H,29,33)/t18-,24-/m0/s1. The molecule has 3 amide bonds. The van der Waals surface area contributed by atoms with Crippen LogP contribution in [0.2, 0.25) is 0 Å². The molecule has 0 bridgehead atoms. The molecule has 1 aliphatic carbocycles. The van der Waals surface area contributed by atoms with Crippen molar-refractivity contribution < 1.29 is 23.9 Å². The topological polar surface area (TPSA) is 84.9 Å². The molecule has 7 nitrogen and oxygen atoms in total. The molecule has 0 saturated carbocycles. The number of fused-ring (bicyclic) bond motifs is 3. The van der Waals surface area contributed by atoms with Gasteiger partial charge in [-0.15, -0.1) is 0 Å². The molecular formula is C28H32N2O5. The summed E-state index contributed by atoms with van der Waals surface area (Å²) in [4.78, 5) is 39.8. The minimum Gasteiger partial charge on any atom is -0.496 e. The first-order valence-electron chi connectivity index (χ1n) is 12.1. The van der Waals surface area contributed by atoms with Gasteiger partial charge < -0.3 is 14.8 Å². The Morgan fingerprint density at radius 3 is 2.20 bits per heavy atom. The molecule has 0 radical (unpaired) electrons. The van der Waals surface area contributed by atoms with Crippen molar-refractivity contribution in [2.75, 3.05) is 13.2 Å². The number of benzene rings is 2. The summed E-state index contributed by atoms with van der Waals surface area (Å²) in [7, 11) is 0. The smallest absolute Gasteiger partial charge is 0.407 e. The Balaban J connectivity index is 1.45. The molecule has 0 unspecified atom stereocenters. The van der Waals surface area contributed by atoms with Gasteiger partial charge in [0, 0.05) is 12.0 Å². The zero-order valence-electron chi connectivity index (χ0n) is 20.6. The third kappa shape index (κ3) is 4.94. The van der Waals surface area contributed by atoms with Crippen LogP contribution < -0.4 is 5.32 Å². The molecule has 1 heterocycles. The maximum absolute atomic E-state index is 13.3. The molecule has 184 valence electrons. The number of carbonyl (C=O) groups excluding carboxylic acids is 3. The second-order valence-electron chi connectivity index (χ2n) is 9.35. The Morgan fingerprint density at radius 2 is 1.63 bits per heavy atom. The zero-order chi connectivity index (χ0) is 25.1. The van der Waals surface area contributed by atoms with Crippen molar-refractivity contribution in [1.29, 1.82) is 0 Å². The highest BCUT2D eigenvalue weighted by molar-refractivity contribution is 6.06. The van der Waals surface area contributed by atoms with Crippen LogP contribution in [0.15, 0.2) is 60.4 Å². The maximum atomic E-state index is 13.3. The lowest BCUT2D eigenvalue weighted by Crippen LogP contribution is -2.52. The number of hydrogen-bond acceptors (Lipinski definition) is 5. The lowest BCUT2D eigenvalue weighted by molar-refractivity contribution is -0.144. The van der Waals surface area contributed by atoms with Crippen LogP contribution in [0.25, 0.3) is 11.1 Å². The molecule has 2 aliphatic rings. The Morgan fingerprint density at radius 1 is 1.03 bits per heavy atom. The molecule has 0 saturated heterocycles. The third-order valence-corrected chi connectivity index (χ3v) is 6.49. The molecule has 35 heavy (non-hydrogen) atoms. The summed E-state index contributed by atoms with van der Waals surface area (Å²) < 4.78 is 11.1. The molecule has 2 aromatic rings. The van der Waals surface area contributed by atoms with E-state index in [0.717, 1.165) is 27.2 Å². The van der Waals surface area contributed by atoms with E-state index in [1.807, 2.05) is 45.0 Å². The minimum absolute atomic E-state index is 0.0782. The van der Waals surface area contributed by atoms with E-state index in [9.17, 15) is 14.4 Å². The first-order chi connectivity index (χ1) is 16.8. The molecule has 1 aliphatic heterocycles. The number of hydrogen-bond donors (Lipinski definition) is 1. The van der Waals surface area contributed by atoms with Crippen molar-refractivity contribution in [1.82, 2.24) is 10.2 Å². The predicted molar refractivity (Wildman–Crippen MR) is 132 cm³/mol. The molecule has 7 heteroatoms. The van der Waals surface area contributed by atoms with E-state index in [1.54, 1.807) is 6.92 Å². The fourth-order valence-corrected chi connectivity index (χ4v) is 4.90. The Bertz CT molecular complexity index is 1110. The van der Waals surface area contributed by atoms with E-state index < -0.39 is 30.0 Å². The molecule has 0 aromatic heterocycles. The second-order valence-corrected chi connectivity index (χ2v) is 9.35. The number of nitrogens with one attached hydrogen (secondary N) is 1. The number of alkyl carbamates (subject to hydrolysis) is 1. The number of ether oxygens (including phenoxy) is 2. The number of nitrogens with zero attached hydrogens (tertiary/aromatic N) is 1. The van der Waals surface area contributed by atoms with E-state index in [-0.39, 0.29) is 18.4 Å². The summed E-state index contributed by atoms with van der Waals surface area (Å²) in [5, 5.41) is 2.72. The molecule has 2 atom stereocenters. The summed E-state index contributed by atoms with van der Waals surface area (Å²) in [6.07, 6.45) is 1.04. The highest BCUT2D eigenvalue weighted by atomic mass is 16.5. The fraction of sp³-hybridized carbons (Fsp3) is 0.393. The van der Waals surface area contributed by atoms with Crippen molar-refractivity contribution in [3.05, 3.63) is 71.5 Å². The van der Waals surface area contributed by atoms with Crippen LogP contribution in [-0.4, -0.2) is 48.1 Å². The average molecular weight is 477 g/mol. The summed E-state index contributed by atoms with van der Waals surface area (Å²) in [5.74, 6) is -0.407. The molecular weight excluding hydrogens is 444 g/mol. The van der Waals surface area contributed by atoms with Crippen molar-refractivity contribution >= 4 is 17.9 Å². The molecule has 1 N–H and O–H groups in total. The van der Waals surface area contributed by atoms with E-state index in [1.165, 1.54) is 6.08 Å². The predicted octanol–water partition coefficient (Wildman–Crippen LogP) is 4.62. The highest BCUT2D eigenvalue weighted by Crippen LogP contribution is 2.44. The number of amides is 3. The van der Waals surface area contributed by atoms with Crippen LogP contribution in [0, 0.1) is 5.92 Å². The lowest BCUT2D eigenvalue weighted by Gasteiger charge is -2.28. The number of carbonyl (C=O) groups is 3. The third-order valence-electron chi connectivity index (χ3n) is 6.49. The Kier molecular flexibility index (Phi) is 7.24. The second kappa shape index (κ2) is 10.3. The van der Waals surface area contributed by atoms with Gasteiger partial charge >= 0.3 is 6.09 Å². The van der Waals surface area contributed by atoms with Gasteiger partial charge in [0.2, 0.25) is 0 Å². The number of rotatable bonds is 8. The number of imide groups is 1. The van der Waals surface area contributed by atoms with Crippen LogP contribution in [-0.2, 0) is 19.1 Å². The van der Waals surface area contributed by atoms with Crippen LogP contribution >= 0.6 is 0 Å². The van der Waals surface area contributed by atoms with Gasteiger partial charge in [-0.05, 0) is 48.4 Å². The molecule has 0 spiro atoms. The summed E-state index contributed by atoms with van der Waals surface area (Å²) in [5.41, 5.74) is 4.51. The van der Waals surface area contributed by atoms with E-state index in [2.05, 4.69) is 29.6 Å². The molecule has 2 aromatic carbocycles. The maximum Gasteiger partial charge on any atom is 0.407 e. The van der Waals surface area contributed by atoms with Crippen LogP contribution in [0.5, 0.6) is 0 Å². The van der Waals surface area contributed by atoms with Gasteiger partial charge in [-0.25, -0.2) is 4.79 Å². The minimum atomic E-state index is -0.883. The van der Waals surface area contributed by atoms with Gasteiger partial charge in [-0.3, -0.25) is 14.5 Å². The Hall–Kier alpha value is -3.61. The summed E-state index contributed by atoms with van der Waals surface area (Å²) in [6.45, 7) is 8.03. The van der Waals surface area contributed by atoms with E-state index >= 15 is 0 Å². The van der Waals surface area contributed by atoms with Gasteiger partial charge in [0.15, 0.2) is 0 Å². The van der Waals surface area contributed by atoms with E-state index in [4.69, 9.17) is 9.47 Å². The average Bonchev–Trinajstić information content (AvgIpc) is 3.30. The summed E-state index contributed by atoms with van der Waals surface area (Å²) in [6, 6.07) is 14.8. The normalized spacial score (nSPS) is 17.6. The van der Waals surface area contributed by atoms with Crippen molar-refractivity contribution in [3.63, 3.8) is 0 Å². The van der Waals surface area contributed by atoms with Crippen molar-refractivity contribution in [3.8, 4) is 11.1 Å². The van der Waals surface area contributed by atoms with Crippen molar-refractivity contribution in [2.45, 2.75) is 52.1 Å². The highest BCUT2D eigenvalue weighted by Gasteiger charge is 2.39. The molecule has 4 rings (SSSR count). The largest absolute Gasteiger partial charge is 0.496 e. The van der Waals surface area contributed by atoms with Crippen LogP contribution in [0.3, 0.4) is 0 Å². The molecule has 0 fully saturated rings. The van der Waals surface area contributed by atoms with Gasteiger partial charge in [-0.2, -0.15) is 0 Å². The van der Waals surface area contributed by atoms with Gasteiger partial charge in [0.05, 0.1) is 12.6 Å². The zero-order valence-corrected chi connectivity index (χ0v) is 20.6. The first-order valence-corrected chi connectivity index (χ1v) is 12.1. The van der Waals surface area contributed by atoms with E-state index in [0.29, 0.717) is 18.8 Å². The van der Waals surface area contributed by atoms with Crippen LogP contribution in [0.4, 0.5) is 4.79 Å². The first kappa shape index (κ1) is 24.5. The van der Waals surface area contributed by atoms with Gasteiger partial charge in [-0.1, -0.05) is 62.4 Å². The van der Waals surface area contributed by atoms with Gasteiger partial charge in [0.1, 0.15) is 18.4 Å². The SMILES string of the molecule is CCOC1=CC(=O)N(C(=O)[C@H](CC(C)C)NC(=O)OCC2c3ccccc3-c3ccccc32)[C@H]1C. The monoisotopic (exact) mass is 476 g/mol. The van der Waals surface area contributed by atoms with Gasteiger partial charge in [0.25, 0.3) is 11.8 Å². The summed E-state index contributed by atoms with van der Waals surface area (Å²) >= 11 is 0.